The summed E-state index contributed by atoms with van der Waals surface area (Å²) in [5.41, 5.74) is 0. The van der Waals surface area contributed by atoms with Crippen molar-refractivity contribution in [2.24, 2.45) is 0 Å². The third kappa shape index (κ3) is 60.8. The normalized spacial score (nSPS) is 12.8. The van der Waals surface area contributed by atoms with Crippen molar-refractivity contribution in [2.45, 2.75) is 297 Å². The van der Waals surface area contributed by atoms with Crippen LogP contribution in [0.25, 0.3) is 0 Å². The number of esters is 3. The predicted octanol–water partition coefficient (Wildman–Crippen LogP) is 21.4. The minimum atomic E-state index is -0.809. The van der Waals surface area contributed by atoms with Crippen LogP contribution in [0.15, 0.2) is 109 Å². The topological polar surface area (TPSA) is 78.9 Å². The van der Waals surface area contributed by atoms with Crippen molar-refractivity contribution in [1.29, 1.82) is 0 Å². The van der Waals surface area contributed by atoms with Crippen LogP contribution in [-0.2, 0) is 28.6 Å². The third-order valence-electron chi connectivity index (χ3n) is 13.2. The van der Waals surface area contributed by atoms with Crippen LogP contribution < -0.4 is 0 Å². The van der Waals surface area contributed by atoms with E-state index < -0.39 is 6.10 Å². The summed E-state index contributed by atoms with van der Waals surface area (Å²) in [6, 6.07) is 0. The van der Waals surface area contributed by atoms with Crippen molar-refractivity contribution in [1.82, 2.24) is 0 Å². The molecular weight excluding hydrogens is 925 g/mol. The summed E-state index contributed by atoms with van der Waals surface area (Å²) in [5.74, 6) is -0.968. The first-order valence-electron chi connectivity index (χ1n) is 31.4. The molecule has 6 heteroatoms. The molecule has 0 saturated carbocycles. The van der Waals surface area contributed by atoms with Crippen LogP contribution in [-0.4, -0.2) is 37.2 Å². The number of carbonyl (C=O) groups excluding carboxylic acids is 3. The highest BCUT2D eigenvalue weighted by Crippen LogP contribution is 2.15. The van der Waals surface area contributed by atoms with Crippen LogP contribution >= 0.6 is 0 Å². The lowest BCUT2D eigenvalue weighted by Crippen LogP contribution is -2.30. The Hall–Kier alpha value is -3.93. The van der Waals surface area contributed by atoms with Crippen molar-refractivity contribution in [2.75, 3.05) is 13.2 Å². The number of allylic oxidation sites excluding steroid dienone is 18. The molecule has 428 valence electrons. The van der Waals surface area contributed by atoms with Crippen LogP contribution in [0, 0.1) is 0 Å². The van der Waals surface area contributed by atoms with Crippen LogP contribution in [0.5, 0.6) is 0 Å². The number of hydrogen-bond acceptors (Lipinski definition) is 6. The molecule has 0 aliphatic rings. The molecule has 0 aromatic carbocycles. The lowest BCUT2D eigenvalue weighted by molar-refractivity contribution is -0.167. The molecule has 0 spiro atoms. The molecule has 0 amide bonds. The van der Waals surface area contributed by atoms with E-state index in [9.17, 15) is 14.4 Å². The second-order valence-corrected chi connectivity index (χ2v) is 20.6. The summed E-state index contributed by atoms with van der Waals surface area (Å²) in [4.78, 5) is 38.2. The lowest BCUT2D eigenvalue weighted by Gasteiger charge is -2.18. The van der Waals surface area contributed by atoms with Gasteiger partial charge in [0.25, 0.3) is 0 Å². The molecule has 0 radical (unpaired) electrons. The van der Waals surface area contributed by atoms with Gasteiger partial charge in [-0.15, -0.1) is 0 Å². The standard InChI is InChI=1S/C69H116O6/c1-4-7-10-13-16-19-22-25-27-29-31-33-34-36-37-39-41-44-47-50-53-56-59-62-68(71)74-65-66(64-73-67(70)61-58-55-52-49-46-43-24-21-18-15-12-9-6-3)75-69(72)63-60-57-54-51-48-45-42-40-38-35-32-30-28-26-23-20-17-14-11-8-5-2/h7,10,16,19,21,24-25,27,30-33,36-37,41,44,50,53,66H,4-6,8-9,11-15,17-18,20,22-23,26,28-29,34-35,38-40,42-43,45-49,51-52,54-65H2,1-3H3/b10-7-,19-16-,24-21-,27-25-,32-30-,33-31-,37-36-,44-41-,53-50-. The average Bonchev–Trinajstić information content (AvgIpc) is 3.41. The summed E-state index contributed by atoms with van der Waals surface area (Å²) in [6.07, 6.45) is 85.2. The molecule has 0 saturated heterocycles. The Bertz CT molecular complexity index is 1520. The number of hydrogen-bond donors (Lipinski definition) is 0. The average molecular weight is 1040 g/mol. The lowest BCUT2D eigenvalue weighted by atomic mass is 10.1. The van der Waals surface area contributed by atoms with Crippen LogP contribution in [0.3, 0.4) is 0 Å². The highest BCUT2D eigenvalue weighted by atomic mass is 16.6. The van der Waals surface area contributed by atoms with E-state index in [2.05, 4.69) is 130 Å². The number of ether oxygens (including phenoxy) is 3. The van der Waals surface area contributed by atoms with Gasteiger partial charge in [0.2, 0.25) is 0 Å². The zero-order valence-electron chi connectivity index (χ0n) is 49.0. The molecule has 6 nitrogen and oxygen atoms in total. The SMILES string of the molecule is CC/C=C\C/C=C\C/C=C\C/C=C\C/C=C\C/C=C\C/C=C\CCCC(=O)OCC(COC(=O)CCCCCCC/C=C\CCCCCC)OC(=O)CCCCCCCCCCC/C=C\CCCCCCCCCC. The van der Waals surface area contributed by atoms with Crippen LogP contribution in [0.1, 0.15) is 290 Å². The van der Waals surface area contributed by atoms with Crippen molar-refractivity contribution < 1.29 is 28.6 Å². The Morgan fingerprint density at radius 2 is 0.533 bits per heavy atom. The van der Waals surface area contributed by atoms with Crippen LogP contribution in [0.2, 0.25) is 0 Å². The number of unbranched alkanes of at least 4 members (excludes halogenated alkanes) is 27. The molecule has 0 fully saturated rings. The molecule has 0 aliphatic carbocycles. The Balaban J connectivity index is 4.45. The molecule has 0 aromatic heterocycles. The minimum absolute atomic E-state index is 0.102. The van der Waals surface area contributed by atoms with Gasteiger partial charge >= 0.3 is 17.9 Å². The maximum Gasteiger partial charge on any atom is 0.306 e. The summed E-state index contributed by atoms with van der Waals surface area (Å²) in [7, 11) is 0. The Morgan fingerprint density at radius 3 is 0.893 bits per heavy atom. The van der Waals surface area contributed by atoms with E-state index in [0.717, 1.165) is 103 Å². The van der Waals surface area contributed by atoms with Crippen molar-refractivity contribution >= 4 is 17.9 Å². The van der Waals surface area contributed by atoms with Crippen molar-refractivity contribution in [3.63, 3.8) is 0 Å². The highest BCUT2D eigenvalue weighted by Gasteiger charge is 2.19. The van der Waals surface area contributed by atoms with Gasteiger partial charge in [0.15, 0.2) is 6.10 Å². The van der Waals surface area contributed by atoms with Crippen molar-refractivity contribution in [3.8, 4) is 0 Å². The number of carbonyl (C=O) groups is 3. The summed E-state index contributed by atoms with van der Waals surface area (Å²) in [6.45, 7) is 6.47. The van der Waals surface area contributed by atoms with E-state index in [1.165, 1.54) is 141 Å². The largest absolute Gasteiger partial charge is 0.462 e. The molecule has 75 heavy (non-hydrogen) atoms. The van der Waals surface area contributed by atoms with Gasteiger partial charge in [0, 0.05) is 19.3 Å². The maximum atomic E-state index is 12.9. The monoisotopic (exact) mass is 1040 g/mol. The third-order valence-corrected chi connectivity index (χ3v) is 13.2. The maximum absolute atomic E-state index is 12.9. The van der Waals surface area contributed by atoms with E-state index >= 15 is 0 Å². The Morgan fingerprint density at radius 1 is 0.280 bits per heavy atom. The molecule has 1 unspecified atom stereocenters. The predicted molar refractivity (Wildman–Crippen MR) is 325 cm³/mol. The van der Waals surface area contributed by atoms with E-state index in [-0.39, 0.29) is 37.5 Å². The quantitative estimate of drug-likeness (QED) is 0.0261. The molecule has 0 rings (SSSR count). The summed E-state index contributed by atoms with van der Waals surface area (Å²) >= 11 is 0. The van der Waals surface area contributed by atoms with E-state index in [4.69, 9.17) is 14.2 Å². The van der Waals surface area contributed by atoms with E-state index in [1.807, 2.05) is 0 Å². The Labute approximate surface area is 463 Å². The van der Waals surface area contributed by atoms with Gasteiger partial charge in [-0.3, -0.25) is 14.4 Å². The van der Waals surface area contributed by atoms with E-state index in [0.29, 0.717) is 19.3 Å². The van der Waals surface area contributed by atoms with Gasteiger partial charge in [-0.25, -0.2) is 0 Å². The fraction of sp³-hybridized carbons (Fsp3) is 0.696. The molecule has 1 atom stereocenters. The zero-order chi connectivity index (χ0) is 54.3. The molecular formula is C69H116O6. The summed E-state index contributed by atoms with van der Waals surface area (Å²) < 4.78 is 16.9. The second-order valence-electron chi connectivity index (χ2n) is 20.6. The van der Waals surface area contributed by atoms with Gasteiger partial charge < -0.3 is 14.2 Å². The number of rotatable bonds is 56. The Kier molecular flexibility index (Phi) is 59.3. The first kappa shape index (κ1) is 71.1. The molecule has 0 N–H and O–H groups in total. The first-order valence-corrected chi connectivity index (χ1v) is 31.4. The summed E-state index contributed by atoms with van der Waals surface area (Å²) in [5, 5.41) is 0. The highest BCUT2D eigenvalue weighted by molar-refractivity contribution is 5.71. The van der Waals surface area contributed by atoms with Gasteiger partial charge in [0.1, 0.15) is 13.2 Å². The van der Waals surface area contributed by atoms with Gasteiger partial charge in [0.05, 0.1) is 0 Å². The molecule has 0 aliphatic heterocycles. The fourth-order valence-corrected chi connectivity index (χ4v) is 8.54. The minimum Gasteiger partial charge on any atom is -0.462 e. The van der Waals surface area contributed by atoms with E-state index in [1.54, 1.807) is 0 Å². The van der Waals surface area contributed by atoms with Crippen LogP contribution in [0.4, 0.5) is 0 Å². The van der Waals surface area contributed by atoms with Gasteiger partial charge in [-0.1, -0.05) is 259 Å². The van der Waals surface area contributed by atoms with Gasteiger partial charge in [-0.05, 0) is 122 Å². The van der Waals surface area contributed by atoms with Gasteiger partial charge in [-0.2, -0.15) is 0 Å². The molecule has 0 aromatic rings. The smallest absolute Gasteiger partial charge is 0.306 e. The zero-order valence-corrected chi connectivity index (χ0v) is 49.0. The van der Waals surface area contributed by atoms with Crippen molar-refractivity contribution in [3.05, 3.63) is 109 Å². The fourth-order valence-electron chi connectivity index (χ4n) is 8.54. The first-order chi connectivity index (χ1) is 37.0. The second kappa shape index (κ2) is 62.6. The molecule has 0 heterocycles. The molecule has 0 bridgehead atoms.